The molecule has 4 aromatic rings. The number of ether oxygens (including phenoxy) is 3. The lowest BCUT2D eigenvalue weighted by Crippen LogP contribution is -2.66. The number of esters is 2. The number of halogens is 1. The summed E-state index contributed by atoms with van der Waals surface area (Å²) in [5, 5.41) is 28.2. The first-order chi connectivity index (χ1) is 30.1. The maximum absolute atomic E-state index is 17.3. The number of aromatic nitrogens is 1. The highest BCUT2D eigenvalue weighted by molar-refractivity contribution is 6.01. The molecular formula is C49H50FN3O10. The van der Waals surface area contributed by atoms with Crippen LogP contribution in [0.5, 0.6) is 5.75 Å². The fourth-order valence-electron chi connectivity index (χ4n) is 10.6. The van der Waals surface area contributed by atoms with Crippen molar-refractivity contribution in [2.45, 2.75) is 69.4 Å². The van der Waals surface area contributed by atoms with Crippen molar-refractivity contribution in [1.29, 1.82) is 0 Å². The van der Waals surface area contributed by atoms with Crippen LogP contribution in [0.1, 0.15) is 66.9 Å². The molecule has 63 heavy (non-hydrogen) atoms. The van der Waals surface area contributed by atoms with E-state index in [-0.39, 0.29) is 42.6 Å². The number of amides is 1. The summed E-state index contributed by atoms with van der Waals surface area (Å²) in [6.45, 7) is 2.19. The molecule has 4 aliphatic rings. The molecule has 328 valence electrons. The van der Waals surface area contributed by atoms with E-state index in [0.29, 0.717) is 41.6 Å². The average Bonchev–Trinajstić information content (AvgIpc) is 3.54. The van der Waals surface area contributed by atoms with Gasteiger partial charge in [0.1, 0.15) is 18.0 Å². The Bertz CT molecular complexity index is 2510. The molecule has 0 saturated heterocycles. The zero-order chi connectivity index (χ0) is 44.7. The highest BCUT2D eigenvalue weighted by Crippen LogP contribution is 2.66. The Kier molecular flexibility index (Phi) is 11.9. The van der Waals surface area contributed by atoms with E-state index in [1.54, 1.807) is 56.6 Å². The molecule has 0 radical (unpaired) electrons. The maximum Gasteiger partial charge on any atom is 0.344 e. The number of allylic oxidation sites excluding steroid dienone is 4. The van der Waals surface area contributed by atoms with Gasteiger partial charge in [0.25, 0.3) is 0 Å². The first-order valence-corrected chi connectivity index (χ1v) is 21.2. The van der Waals surface area contributed by atoms with Crippen LogP contribution in [-0.2, 0) is 35.3 Å². The number of hydrogen-bond acceptors (Lipinski definition) is 12. The fourth-order valence-corrected chi connectivity index (χ4v) is 10.6. The normalized spacial score (nSPS) is 28.8. The summed E-state index contributed by atoms with van der Waals surface area (Å²) in [6, 6.07) is 20.4. The number of alkyl halides is 1. The van der Waals surface area contributed by atoms with Crippen LogP contribution >= 0.6 is 0 Å². The molecule has 1 aromatic heterocycles. The number of aliphatic hydroxyl groups is 2. The molecule has 0 aliphatic heterocycles. The number of benzene rings is 3. The molecule has 14 heteroatoms. The fraction of sp³-hybridized carbons (Fsp3) is 0.388. The van der Waals surface area contributed by atoms with Crippen LogP contribution in [0.25, 0.3) is 10.8 Å². The minimum absolute atomic E-state index is 0.0287. The van der Waals surface area contributed by atoms with Gasteiger partial charge in [0, 0.05) is 47.3 Å². The van der Waals surface area contributed by atoms with Gasteiger partial charge in [-0.2, -0.15) is 0 Å². The van der Waals surface area contributed by atoms with Crippen LogP contribution in [0.2, 0.25) is 0 Å². The number of nitrogens with two attached hydrogens (primary N) is 1. The number of anilines is 1. The molecule has 0 spiro atoms. The number of fused-ring (bicyclic) bond motifs is 6. The number of rotatable bonds is 13. The minimum atomic E-state index is -2.09. The Hall–Kier alpha value is -6.09. The predicted octanol–water partition coefficient (Wildman–Crippen LogP) is 5.72. The van der Waals surface area contributed by atoms with E-state index in [1.807, 2.05) is 24.3 Å². The van der Waals surface area contributed by atoms with Crippen molar-refractivity contribution in [3.63, 3.8) is 0 Å². The van der Waals surface area contributed by atoms with E-state index in [1.165, 1.54) is 36.4 Å². The maximum atomic E-state index is 17.3. The van der Waals surface area contributed by atoms with E-state index < -0.39 is 83.3 Å². The van der Waals surface area contributed by atoms with Gasteiger partial charge in [0.05, 0.1) is 17.6 Å². The molecule has 0 bridgehead atoms. The number of pyridine rings is 1. The molecule has 4 aliphatic carbocycles. The largest absolute Gasteiger partial charge is 0.482 e. The summed E-state index contributed by atoms with van der Waals surface area (Å²) in [4.78, 5) is 68.5. The SMILES string of the molecule is C[C@@H]1C[C@@H]2[C@H](C[C@H](O)[C@@]3(F)[C@H]2CCC2=CC(=O)C=C[C@@]23C)[C@@]1(O)C(=O)COC(=O)COc1ccc(C(=O)OCc2ccc([C@@H](CN)C(=O)Nc3ccc4cnccc4c3)cc2)cc1. The van der Waals surface area contributed by atoms with Crippen LogP contribution in [0.4, 0.5) is 10.1 Å². The molecule has 9 atom stereocenters. The number of hydrogen-bond donors (Lipinski definition) is 4. The summed E-state index contributed by atoms with van der Waals surface area (Å²) < 4.78 is 33.6. The van der Waals surface area contributed by atoms with Gasteiger partial charge >= 0.3 is 11.9 Å². The van der Waals surface area contributed by atoms with Crippen molar-refractivity contribution >= 4 is 45.9 Å². The van der Waals surface area contributed by atoms with Gasteiger partial charge in [-0.1, -0.05) is 48.9 Å². The second kappa shape index (κ2) is 17.2. The highest BCUT2D eigenvalue weighted by Gasteiger charge is 2.71. The minimum Gasteiger partial charge on any atom is -0.482 e. The highest BCUT2D eigenvalue weighted by atomic mass is 19.1. The number of carbonyl (C=O) groups is 5. The number of aliphatic hydroxyl groups excluding tert-OH is 1. The van der Waals surface area contributed by atoms with Gasteiger partial charge < -0.3 is 35.5 Å². The van der Waals surface area contributed by atoms with E-state index >= 15 is 4.39 Å². The van der Waals surface area contributed by atoms with E-state index in [4.69, 9.17) is 19.9 Å². The molecule has 13 nitrogen and oxygen atoms in total. The van der Waals surface area contributed by atoms with Crippen LogP contribution in [0.15, 0.2) is 109 Å². The summed E-state index contributed by atoms with van der Waals surface area (Å²) >= 11 is 0. The number of ketones is 2. The Labute approximate surface area is 363 Å². The van der Waals surface area contributed by atoms with Gasteiger partial charge in [-0.05, 0) is 116 Å². The van der Waals surface area contributed by atoms with E-state index in [9.17, 15) is 34.2 Å². The molecule has 0 unspecified atom stereocenters. The topological polar surface area (TPSA) is 204 Å². The molecule has 3 aromatic carbocycles. The predicted molar refractivity (Wildman–Crippen MR) is 229 cm³/mol. The van der Waals surface area contributed by atoms with Gasteiger partial charge in [-0.15, -0.1) is 0 Å². The third kappa shape index (κ3) is 7.96. The Morgan fingerprint density at radius 2 is 1.73 bits per heavy atom. The smallest absolute Gasteiger partial charge is 0.344 e. The molecule has 1 amide bonds. The van der Waals surface area contributed by atoms with Crippen molar-refractivity contribution in [3.8, 4) is 5.75 Å². The van der Waals surface area contributed by atoms with Crippen LogP contribution in [0.3, 0.4) is 0 Å². The van der Waals surface area contributed by atoms with Crippen molar-refractivity contribution in [3.05, 3.63) is 126 Å². The summed E-state index contributed by atoms with van der Waals surface area (Å²) in [5.74, 6) is -5.41. The number of Topliss-reactive ketones (excluding diaryl/α,β-unsaturated/α-hetero) is 1. The van der Waals surface area contributed by atoms with Gasteiger partial charge in [0.15, 0.2) is 24.7 Å². The van der Waals surface area contributed by atoms with Gasteiger partial charge in [-0.3, -0.25) is 19.4 Å². The second-order valence-electron chi connectivity index (χ2n) is 17.4. The lowest BCUT2D eigenvalue weighted by atomic mass is 9.48. The first-order valence-electron chi connectivity index (χ1n) is 21.2. The summed E-state index contributed by atoms with van der Waals surface area (Å²) in [6.07, 6.45) is 7.32. The second-order valence-corrected chi connectivity index (χ2v) is 17.4. The zero-order valence-electron chi connectivity index (χ0n) is 35.0. The Morgan fingerprint density at radius 1 is 0.968 bits per heavy atom. The summed E-state index contributed by atoms with van der Waals surface area (Å²) in [7, 11) is 0. The van der Waals surface area contributed by atoms with Crippen LogP contribution in [0, 0.1) is 29.1 Å². The average molecular weight is 860 g/mol. The Balaban J connectivity index is 0.793. The first kappa shape index (κ1) is 43.6. The van der Waals surface area contributed by atoms with E-state index in [0.717, 1.165) is 10.8 Å². The van der Waals surface area contributed by atoms with Gasteiger partial charge in [0.2, 0.25) is 11.7 Å². The molecule has 1 heterocycles. The lowest BCUT2D eigenvalue weighted by Gasteiger charge is -2.59. The standard InChI is InChI=1S/C49H50FN3O10/c1-28-19-38-40-14-10-34-21-36(54)15-17-47(34,2)49(40,50)42(55)22-41(38)48(28,60)43(56)26-62-44(57)27-61-37-12-8-31(9-13-37)46(59)63-25-29-3-5-30(6-4-29)39(23-51)45(58)53-35-11-7-33-24-52-18-16-32(33)20-35/h3-9,11-13,15-18,20-21,24,28,38-42,55,60H,10,14,19,22-23,25-27,51H2,1-2H3,(H,53,58)/t28-,38+,39-,40+,41+,42+,47+,48-,49+/m1/s1. The Morgan fingerprint density at radius 3 is 2.48 bits per heavy atom. The van der Waals surface area contributed by atoms with Crippen molar-refractivity contribution in [2.24, 2.45) is 34.8 Å². The number of nitrogens with zero attached hydrogens (tertiary/aromatic N) is 1. The number of carbonyl (C=O) groups excluding carboxylic acids is 5. The van der Waals surface area contributed by atoms with Crippen molar-refractivity contribution < 1.29 is 52.8 Å². The molecular weight excluding hydrogens is 810 g/mol. The van der Waals surface area contributed by atoms with Crippen molar-refractivity contribution in [1.82, 2.24) is 4.98 Å². The molecule has 3 saturated carbocycles. The molecule has 3 fully saturated rings. The van der Waals surface area contributed by atoms with Crippen LogP contribution < -0.4 is 15.8 Å². The third-order valence-electron chi connectivity index (χ3n) is 14.0. The molecule has 5 N–H and O–H groups in total. The van der Waals surface area contributed by atoms with Crippen LogP contribution in [-0.4, -0.2) is 81.7 Å². The van der Waals surface area contributed by atoms with Crippen molar-refractivity contribution in [2.75, 3.05) is 25.1 Å². The quantitative estimate of drug-likeness (QED) is 0.119. The lowest BCUT2D eigenvalue weighted by molar-refractivity contribution is -0.192. The number of nitrogens with one attached hydrogen (secondary N) is 1. The summed E-state index contributed by atoms with van der Waals surface area (Å²) in [5.41, 5.74) is 3.70. The monoisotopic (exact) mass is 859 g/mol. The van der Waals surface area contributed by atoms with E-state index in [2.05, 4.69) is 10.3 Å². The molecule has 8 rings (SSSR count). The third-order valence-corrected chi connectivity index (χ3v) is 14.0. The zero-order valence-corrected chi connectivity index (χ0v) is 35.0. The van der Waals surface area contributed by atoms with Gasteiger partial charge in [-0.25, -0.2) is 14.0 Å².